The summed E-state index contributed by atoms with van der Waals surface area (Å²) in [5, 5.41) is 2.94. The van der Waals surface area contributed by atoms with Gasteiger partial charge in [0, 0.05) is 16.7 Å². The van der Waals surface area contributed by atoms with Gasteiger partial charge in [0.05, 0.1) is 26.4 Å². The van der Waals surface area contributed by atoms with Crippen LogP contribution in [0.3, 0.4) is 0 Å². The van der Waals surface area contributed by atoms with Gasteiger partial charge in [-0.25, -0.2) is 0 Å². The van der Waals surface area contributed by atoms with Gasteiger partial charge in [-0.3, -0.25) is 4.79 Å². The van der Waals surface area contributed by atoms with Crippen molar-refractivity contribution in [3.05, 3.63) is 56.7 Å². The van der Waals surface area contributed by atoms with Crippen LogP contribution in [0.1, 0.15) is 28.4 Å². The molecule has 0 heterocycles. The molecule has 5 nitrogen and oxygen atoms in total. The zero-order valence-electron chi connectivity index (χ0n) is 14.6. The van der Waals surface area contributed by atoms with E-state index in [2.05, 4.69) is 27.9 Å². The summed E-state index contributed by atoms with van der Waals surface area (Å²) >= 11 is 2.12. The van der Waals surface area contributed by atoms with E-state index in [9.17, 15) is 4.79 Å². The summed E-state index contributed by atoms with van der Waals surface area (Å²) in [7, 11) is 3.12. The van der Waals surface area contributed by atoms with Gasteiger partial charge in [-0.2, -0.15) is 0 Å². The highest BCUT2D eigenvalue weighted by molar-refractivity contribution is 14.1. The van der Waals surface area contributed by atoms with E-state index in [0.717, 1.165) is 14.7 Å². The predicted octanol–water partition coefficient (Wildman–Crippen LogP) is 3.77. The quantitative estimate of drug-likeness (QED) is 0.616. The molecule has 134 valence electrons. The molecule has 0 radical (unpaired) electrons. The highest BCUT2D eigenvalue weighted by Gasteiger charge is 2.15. The summed E-state index contributed by atoms with van der Waals surface area (Å²) in [6, 6.07) is 11.5. The van der Waals surface area contributed by atoms with Crippen molar-refractivity contribution in [3.63, 3.8) is 0 Å². The molecule has 0 unspecified atom stereocenters. The highest BCUT2D eigenvalue weighted by atomic mass is 127. The van der Waals surface area contributed by atoms with Crippen LogP contribution in [0.2, 0.25) is 0 Å². The molecule has 2 aromatic carbocycles. The van der Waals surface area contributed by atoms with Crippen LogP contribution in [-0.2, 0) is 17.9 Å². The molecule has 0 atom stereocenters. The molecule has 0 bridgehead atoms. The Balaban J connectivity index is 2.02. The fourth-order valence-corrected chi connectivity index (χ4v) is 2.96. The van der Waals surface area contributed by atoms with Gasteiger partial charge < -0.3 is 19.5 Å². The molecule has 25 heavy (non-hydrogen) atoms. The zero-order chi connectivity index (χ0) is 18.2. The average Bonchev–Trinajstić information content (AvgIpc) is 2.64. The van der Waals surface area contributed by atoms with Crippen LogP contribution in [0.15, 0.2) is 36.4 Å². The first kappa shape index (κ1) is 19.5. The summed E-state index contributed by atoms with van der Waals surface area (Å²) in [5.74, 6) is 0.991. The van der Waals surface area contributed by atoms with Crippen LogP contribution in [0.5, 0.6) is 11.5 Å². The number of rotatable bonds is 8. The lowest BCUT2D eigenvalue weighted by atomic mass is 10.1. The molecule has 0 saturated heterocycles. The van der Waals surface area contributed by atoms with E-state index in [1.54, 1.807) is 26.4 Å². The van der Waals surface area contributed by atoms with Crippen molar-refractivity contribution < 1.29 is 19.0 Å². The van der Waals surface area contributed by atoms with Gasteiger partial charge >= 0.3 is 0 Å². The lowest BCUT2D eigenvalue weighted by molar-refractivity contribution is 0.0949. The van der Waals surface area contributed by atoms with Gasteiger partial charge in [0.1, 0.15) is 0 Å². The predicted molar refractivity (Wildman–Crippen MR) is 105 cm³/mol. The second-order valence-corrected chi connectivity index (χ2v) is 6.49. The van der Waals surface area contributed by atoms with Gasteiger partial charge in [0.15, 0.2) is 11.5 Å². The molecule has 2 aromatic rings. The summed E-state index contributed by atoms with van der Waals surface area (Å²) < 4.78 is 16.7. The number of nitrogens with one attached hydrogen (secondary N) is 1. The van der Waals surface area contributed by atoms with Crippen molar-refractivity contribution in [1.29, 1.82) is 0 Å². The second kappa shape index (κ2) is 9.62. The Labute approximate surface area is 161 Å². The number of ether oxygens (including phenoxy) is 3. The molecular weight excluding hydrogens is 433 g/mol. The summed E-state index contributed by atoms with van der Waals surface area (Å²) in [6.07, 6.45) is 0. The molecule has 0 aliphatic carbocycles. The monoisotopic (exact) mass is 455 g/mol. The van der Waals surface area contributed by atoms with Crippen molar-refractivity contribution in [2.24, 2.45) is 0 Å². The van der Waals surface area contributed by atoms with Gasteiger partial charge in [-0.05, 0) is 52.8 Å². The Bertz CT molecular complexity index is 716. The molecule has 1 N–H and O–H groups in total. The summed E-state index contributed by atoms with van der Waals surface area (Å²) in [6.45, 7) is 3.73. The number of amides is 1. The Hall–Kier alpha value is -1.80. The van der Waals surface area contributed by atoms with E-state index >= 15 is 0 Å². The molecule has 0 aromatic heterocycles. The van der Waals surface area contributed by atoms with Crippen LogP contribution in [0, 0.1) is 3.57 Å². The number of carbonyl (C=O) groups excluding carboxylic acids is 1. The molecule has 2 rings (SSSR count). The smallest absolute Gasteiger partial charge is 0.252 e. The lowest BCUT2D eigenvalue weighted by Crippen LogP contribution is -2.23. The third kappa shape index (κ3) is 5.34. The molecule has 0 spiro atoms. The number of halogens is 1. The Morgan fingerprint density at radius 3 is 2.24 bits per heavy atom. The second-order valence-electron chi connectivity index (χ2n) is 5.32. The number of benzene rings is 2. The van der Waals surface area contributed by atoms with Crippen LogP contribution in [0.25, 0.3) is 0 Å². The van der Waals surface area contributed by atoms with Crippen molar-refractivity contribution in [2.45, 2.75) is 20.1 Å². The Kier molecular flexibility index (Phi) is 7.52. The van der Waals surface area contributed by atoms with E-state index in [1.807, 2.05) is 31.2 Å². The molecule has 0 saturated carbocycles. The van der Waals surface area contributed by atoms with E-state index in [0.29, 0.717) is 36.8 Å². The molecular formula is C19H22INO4. The number of carbonyl (C=O) groups is 1. The normalized spacial score (nSPS) is 10.4. The first-order chi connectivity index (χ1) is 12.1. The minimum Gasteiger partial charge on any atom is -0.493 e. The van der Waals surface area contributed by atoms with Crippen LogP contribution in [0.4, 0.5) is 0 Å². The lowest BCUT2D eigenvalue weighted by Gasteiger charge is -2.12. The SMILES string of the molecule is CCOCc1ccc(CNC(=O)c2cc(OC)c(OC)cc2I)cc1. The average molecular weight is 455 g/mol. The number of hydrogen-bond donors (Lipinski definition) is 1. The fourth-order valence-electron chi connectivity index (χ4n) is 2.28. The highest BCUT2D eigenvalue weighted by Crippen LogP contribution is 2.31. The van der Waals surface area contributed by atoms with Crippen LogP contribution in [-0.4, -0.2) is 26.7 Å². The zero-order valence-corrected chi connectivity index (χ0v) is 16.8. The van der Waals surface area contributed by atoms with Gasteiger partial charge in [0.25, 0.3) is 5.91 Å². The molecule has 0 aliphatic rings. The van der Waals surface area contributed by atoms with E-state index in [-0.39, 0.29) is 5.91 Å². The largest absolute Gasteiger partial charge is 0.493 e. The first-order valence-electron chi connectivity index (χ1n) is 7.94. The third-order valence-corrected chi connectivity index (χ3v) is 4.56. The maximum absolute atomic E-state index is 12.5. The maximum atomic E-state index is 12.5. The van der Waals surface area contributed by atoms with E-state index < -0.39 is 0 Å². The summed E-state index contributed by atoms with van der Waals surface area (Å²) in [5.41, 5.74) is 2.71. The number of methoxy groups -OCH3 is 2. The molecule has 1 amide bonds. The fraction of sp³-hybridized carbons (Fsp3) is 0.316. The maximum Gasteiger partial charge on any atom is 0.252 e. The van der Waals surface area contributed by atoms with E-state index in [4.69, 9.17) is 14.2 Å². The molecule has 6 heteroatoms. The van der Waals surface area contributed by atoms with Crippen molar-refractivity contribution in [3.8, 4) is 11.5 Å². The number of hydrogen-bond acceptors (Lipinski definition) is 4. The minimum atomic E-state index is -0.149. The summed E-state index contributed by atoms with van der Waals surface area (Å²) in [4.78, 5) is 12.5. The van der Waals surface area contributed by atoms with Crippen LogP contribution >= 0.6 is 22.6 Å². The molecule has 0 fully saturated rings. The van der Waals surface area contributed by atoms with E-state index in [1.165, 1.54) is 0 Å². The van der Waals surface area contributed by atoms with Gasteiger partial charge in [-0.1, -0.05) is 24.3 Å². The first-order valence-corrected chi connectivity index (χ1v) is 9.02. The van der Waals surface area contributed by atoms with Gasteiger partial charge in [0.2, 0.25) is 0 Å². The minimum absolute atomic E-state index is 0.149. The topological polar surface area (TPSA) is 56.8 Å². The Morgan fingerprint density at radius 1 is 1.04 bits per heavy atom. The van der Waals surface area contributed by atoms with Crippen molar-refractivity contribution >= 4 is 28.5 Å². The van der Waals surface area contributed by atoms with Crippen molar-refractivity contribution in [1.82, 2.24) is 5.32 Å². The standard InChI is InChI=1S/C19H22INO4/c1-4-25-12-14-7-5-13(6-8-14)11-21-19(22)15-9-17(23-2)18(24-3)10-16(15)20/h5-10H,4,11-12H2,1-3H3,(H,21,22). The molecule has 0 aliphatic heterocycles. The van der Waals surface area contributed by atoms with Crippen LogP contribution < -0.4 is 14.8 Å². The Morgan fingerprint density at radius 2 is 1.64 bits per heavy atom. The van der Waals surface area contributed by atoms with Gasteiger partial charge in [-0.15, -0.1) is 0 Å². The third-order valence-electron chi connectivity index (χ3n) is 3.67. The van der Waals surface area contributed by atoms with Crippen molar-refractivity contribution in [2.75, 3.05) is 20.8 Å².